The summed E-state index contributed by atoms with van der Waals surface area (Å²) in [5.74, 6) is -1.73. The van der Waals surface area contributed by atoms with E-state index in [9.17, 15) is 18.4 Å². The van der Waals surface area contributed by atoms with Crippen molar-refractivity contribution in [2.24, 2.45) is 0 Å². The summed E-state index contributed by atoms with van der Waals surface area (Å²) in [6, 6.07) is 3.09. The molecule has 0 saturated carbocycles. The van der Waals surface area contributed by atoms with Crippen LogP contribution in [0.25, 0.3) is 0 Å². The van der Waals surface area contributed by atoms with Gasteiger partial charge in [0, 0.05) is 32.2 Å². The van der Waals surface area contributed by atoms with E-state index in [4.69, 9.17) is 5.11 Å². The van der Waals surface area contributed by atoms with Gasteiger partial charge >= 0.3 is 6.09 Å². The third-order valence-corrected chi connectivity index (χ3v) is 3.26. The molecule has 1 aromatic rings. The van der Waals surface area contributed by atoms with Crippen LogP contribution in [0.2, 0.25) is 0 Å². The first kappa shape index (κ1) is 14.2. The van der Waals surface area contributed by atoms with E-state index in [1.165, 1.54) is 15.9 Å². The summed E-state index contributed by atoms with van der Waals surface area (Å²) < 4.78 is 26.2. The number of nitrogens with zero attached hydrogens (tertiary/aromatic N) is 2. The zero-order valence-corrected chi connectivity index (χ0v) is 10.7. The molecule has 2 rings (SSSR count). The highest BCUT2D eigenvalue weighted by molar-refractivity contribution is 5.79. The molecule has 1 aliphatic rings. The van der Waals surface area contributed by atoms with Crippen molar-refractivity contribution < 1.29 is 23.5 Å². The van der Waals surface area contributed by atoms with Gasteiger partial charge in [-0.1, -0.05) is 6.07 Å². The highest BCUT2D eigenvalue weighted by atomic mass is 19.1. The van der Waals surface area contributed by atoms with Crippen molar-refractivity contribution in [3.8, 4) is 0 Å². The number of amides is 2. The Morgan fingerprint density at radius 1 is 1.10 bits per heavy atom. The van der Waals surface area contributed by atoms with Crippen molar-refractivity contribution in [2.75, 3.05) is 26.2 Å². The molecule has 2 amide bonds. The summed E-state index contributed by atoms with van der Waals surface area (Å²) in [6.45, 7) is 1.06. The molecule has 1 aliphatic heterocycles. The molecule has 20 heavy (non-hydrogen) atoms. The first-order valence-electron chi connectivity index (χ1n) is 6.17. The van der Waals surface area contributed by atoms with Gasteiger partial charge in [-0.2, -0.15) is 0 Å². The summed E-state index contributed by atoms with van der Waals surface area (Å²) in [4.78, 5) is 25.4. The Morgan fingerprint density at radius 3 is 2.25 bits per heavy atom. The van der Waals surface area contributed by atoms with E-state index < -0.39 is 17.7 Å². The predicted molar refractivity (Wildman–Crippen MR) is 66.2 cm³/mol. The van der Waals surface area contributed by atoms with E-state index in [0.29, 0.717) is 0 Å². The molecule has 0 aromatic heterocycles. The fourth-order valence-corrected chi connectivity index (χ4v) is 2.09. The molecule has 5 nitrogen and oxygen atoms in total. The predicted octanol–water partition coefficient (Wildman–Crippen LogP) is 1.33. The summed E-state index contributed by atoms with van der Waals surface area (Å²) in [5, 5.41) is 8.80. The van der Waals surface area contributed by atoms with Crippen LogP contribution < -0.4 is 0 Å². The molecule has 0 unspecified atom stereocenters. The minimum atomic E-state index is -1.01. The van der Waals surface area contributed by atoms with Crippen LogP contribution in [0, 0.1) is 11.6 Å². The number of hydrogen-bond acceptors (Lipinski definition) is 2. The first-order chi connectivity index (χ1) is 9.47. The number of halogens is 2. The summed E-state index contributed by atoms with van der Waals surface area (Å²) in [6.07, 6.45) is -1.17. The number of benzene rings is 1. The van der Waals surface area contributed by atoms with E-state index in [1.807, 2.05) is 0 Å². The molecule has 0 spiro atoms. The van der Waals surface area contributed by atoms with Gasteiger partial charge < -0.3 is 14.9 Å². The van der Waals surface area contributed by atoms with Gasteiger partial charge in [0.1, 0.15) is 11.6 Å². The van der Waals surface area contributed by atoms with E-state index in [1.54, 1.807) is 0 Å². The molecule has 1 fully saturated rings. The van der Waals surface area contributed by atoms with Gasteiger partial charge in [0.2, 0.25) is 5.91 Å². The Labute approximate surface area is 114 Å². The number of carbonyl (C=O) groups excluding carboxylic acids is 1. The minimum absolute atomic E-state index is 0.136. The van der Waals surface area contributed by atoms with E-state index >= 15 is 0 Å². The molecule has 1 saturated heterocycles. The van der Waals surface area contributed by atoms with Gasteiger partial charge in [-0.3, -0.25) is 4.79 Å². The average Bonchev–Trinajstić information content (AvgIpc) is 2.42. The Kier molecular flexibility index (Phi) is 4.16. The van der Waals surface area contributed by atoms with Crippen LogP contribution in [0.5, 0.6) is 0 Å². The highest BCUT2D eigenvalue weighted by Crippen LogP contribution is 2.12. The maximum atomic E-state index is 13.4. The molecular formula is C13H14F2N2O3. The van der Waals surface area contributed by atoms with Crippen molar-refractivity contribution in [1.29, 1.82) is 0 Å². The second kappa shape index (κ2) is 5.85. The van der Waals surface area contributed by atoms with Crippen LogP contribution >= 0.6 is 0 Å². The minimum Gasteiger partial charge on any atom is -0.465 e. The highest BCUT2D eigenvalue weighted by Gasteiger charge is 2.24. The molecule has 0 bridgehead atoms. The number of rotatable bonds is 2. The molecule has 1 N–H and O–H groups in total. The molecule has 108 valence electrons. The van der Waals surface area contributed by atoms with Crippen LogP contribution in [0.3, 0.4) is 0 Å². The third-order valence-electron chi connectivity index (χ3n) is 3.26. The lowest BCUT2D eigenvalue weighted by atomic mass is 10.1. The van der Waals surface area contributed by atoms with E-state index in [0.717, 1.165) is 12.1 Å². The fraction of sp³-hybridized carbons (Fsp3) is 0.385. The normalized spacial score (nSPS) is 15.3. The van der Waals surface area contributed by atoms with Crippen molar-refractivity contribution in [3.63, 3.8) is 0 Å². The van der Waals surface area contributed by atoms with Crippen LogP contribution in [0.4, 0.5) is 13.6 Å². The largest absolute Gasteiger partial charge is 0.465 e. The van der Waals surface area contributed by atoms with Gasteiger partial charge in [-0.15, -0.1) is 0 Å². The van der Waals surface area contributed by atoms with E-state index in [-0.39, 0.29) is 44.1 Å². The van der Waals surface area contributed by atoms with E-state index in [2.05, 4.69) is 0 Å². The first-order valence-corrected chi connectivity index (χ1v) is 6.17. The maximum Gasteiger partial charge on any atom is 0.407 e. The lowest BCUT2D eigenvalue weighted by Gasteiger charge is -2.33. The van der Waals surface area contributed by atoms with Crippen LogP contribution in [-0.4, -0.2) is 53.1 Å². The number of carbonyl (C=O) groups is 2. The molecule has 7 heteroatoms. The van der Waals surface area contributed by atoms with Crippen LogP contribution in [0.15, 0.2) is 18.2 Å². The van der Waals surface area contributed by atoms with Gasteiger partial charge in [0.15, 0.2) is 0 Å². The Bertz CT molecular complexity index is 528. The molecule has 0 radical (unpaired) electrons. The summed E-state index contributed by atoms with van der Waals surface area (Å²) >= 11 is 0. The van der Waals surface area contributed by atoms with Crippen LogP contribution in [0.1, 0.15) is 5.56 Å². The summed E-state index contributed by atoms with van der Waals surface area (Å²) in [7, 11) is 0. The zero-order valence-electron chi connectivity index (χ0n) is 10.7. The van der Waals surface area contributed by atoms with Gasteiger partial charge in [-0.25, -0.2) is 13.6 Å². The Balaban J connectivity index is 1.94. The lowest BCUT2D eigenvalue weighted by molar-refractivity contribution is -0.132. The number of carboxylic acid groups (broad SMARTS) is 1. The molecule has 0 aliphatic carbocycles. The molecular weight excluding hydrogens is 270 g/mol. The average molecular weight is 284 g/mol. The quantitative estimate of drug-likeness (QED) is 0.891. The van der Waals surface area contributed by atoms with Gasteiger partial charge in [0.05, 0.1) is 6.42 Å². The molecule has 0 atom stereocenters. The number of piperazine rings is 1. The maximum absolute atomic E-state index is 13.4. The Hall–Kier alpha value is -2.18. The van der Waals surface area contributed by atoms with Crippen molar-refractivity contribution >= 4 is 12.0 Å². The zero-order chi connectivity index (χ0) is 14.7. The third kappa shape index (κ3) is 3.23. The fourth-order valence-electron chi connectivity index (χ4n) is 2.09. The SMILES string of the molecule is O=C(O)N1CCN(C(=O)Cc2ccc(F)cc2F)CC1. The van der Waals surface area contributed by atoms with Crippen molar-refractivity contribution in [3.05, 3.63) is 35.4 Å². The summed E-state index contributed by atoms with van der Waals surface area (Å²) in [5.41, 5.74) is 0.136. The second-order valence-corrected chi connectivity index (χ2v) is 4.56. The second-order valence-electron chi connectivity index (χ2n) is 4.56. The standard InChI is InChI=1S/C13H14F2N2O3/c14-10-2-1-9(11(15)8-10)7-12(18)16-3-5-17(6-4-16)13(19)20/h1-2,8H,3-7H2,(H,19,20). The topological polar surface area (TPSA) is 60.9 Å². The monoisotopic (exact) mass is 284 g/mol. The number of hydrogen-bond donors (Lipinski definition) is 1. The molecule has 1 heterocycles. The Morgan fingerprint density at radius 2 is 1.70 bits per heavy atom. The van der Waals surface area contributed by atoms with Gasteiger partial charge in [-0.05, 0) is 11.6 Å². The van der Waals surface area contributed by atoms with Crippen molar-refractivity contribution in [2.45, 2.75) is 6.42 Å². The van der Waals surface area contributed by atoms with Crippen LogP contribution in [-0.2, 0) is 11.2 Å². The van der Waals surface area contributed by atoms with Crippen molar-refractivity contribution in [1.82, 2.24) is 9.80 Å². The lowest BCUT2D eigenvalue weighted by Crippen LogP contribution is -2.50. The van der Waals surface area contributed by atoms with Gasteiger partial charge in [0.25, 0.3) is 0 Å². The molecule has 1 aromatic carbocycles. The smallest absolute Gasteiger partial charge is 0.407 e.